The first-order chi connectivity index (χ1) is 33.2. The van der Waals surface area contributed by atoms with Crippen molar-refractivity contribution in [3.05, 3.63) is 247 Å². The Morgan fingerprint density at radius 1 is 0.284 bits per heavy atom. The Morgan fingerprint density at radius 2 is 0.851 bits per heavy atom. The molecule has 3 aromatic heterocycles. The van der Waals surface area contributed by atoms with Crippen LogP contribution in [0.15, 0.2) is 225 Å². The third-order valence-corrected chi connectivity index (χ3v) is 14.8. The monoisotopic (exact) mass is 847 g/mol. The molecule has 0 bridgehead atoms. The van der Waals surface area contributed by atoms with Gasteiger partial charge < -0.3 is 0 Å². The molecule has 3 nitrogen and oxygen atoms in total. The summed E-state index contributed by atoms with van der Waals surface area (Å²) in [7, 11) is 0. The molecule has 0 aliphatic heterocycles. The number of nitrogens with zero attached hydrogens (tertiary/aromatic N) is 3. The van der Waals surface area contributed by atoms with Crippen LogP contribution in [0.3, 0.4) is 0 Å². The van der Waals surface area contributed by atoms with Gasteiger partial charge in [0.15, 0.2) is 0 Å². The largest absolute Gasteiger partial charge is 0.256 e. The van der Waals surface area contributed by atoms with Gasteiger partial charge in [-0.1, -0.05) is 158 Å². The molecule has 0 radical (unpaired) electrons. The van der Waals surface area contributed by atoms with Crippen LogP contribution in [-0.2, 0) is 5.41 Å². The molecular formula is C64H37N3. The fourth-order valence-corrected chi connectivity index (χ4v) is 12.1. The van der Waals surface area contributed by atoms with Gasteiger partial charge in [0.25, 0.3) is 0 Å². The van der Waals surface area contributed by atoms with Crippen molar-refractivity contribution in [3.8, 4) is 89.3 Å². The molecule has 0 fully saturated rings. The van der Waals surface area contributed by atoms with E-state index in [1.807, 2.05) is 24.5 Å². The number of fused-ring (bicyclic) bond motifs is 15. The van der Waals surface area contributed by atoms with Crippen LogP contribution in [0.4, 0.5) is 0 Å². The van der Waals surface area contributed by atoms with Crippen molar-refractivity contribution in [2.75, 3.05) is 0 Å². The van der Waals surface area contributed by atoms with Gasteiger partial charge in [0.2, 0.25) is 0 Å². The average molecular weight is 848 g/mol. The summed E-state index contributed by atoms with van der Waals surface area (Å²) in [6.07, 6.45) is 3.74. The van der Waals surface area contributed by atoms with Crippen molar-refractivity contribution in [1.29, 1.82) is 0 Å². The van der Waals surface area contributed by atoms with E-state index in [9.17, 15) is 0 Å². The van der Waals surface area contributed by atoms with Crippen LogP contribution in [0.5, 0.6) is 0 Å². The summed E-state index contributed by atoms with van der Waals surface area (Å²) < 4.78 is 0. The van der Waals surface area contributed by atoms with Gasteiger partial charge in [0, 0.05) is 34.3 Å². The highest BCUT2D eigenvalue weighted by atomic mass is 14.7. The second-order valence-corrected chi connectivity index (χ2v) is 18.2. The molecule has 308 valence electrons. The predicted octanol–water partition coefficient (Wildman–Crippen LogP) is 16.0. The zero-order chi connectivity index (χ0) is 43.8. The van der Waals surface area contributed by atoms with Crippen LogP contribution in [0.1, 0.15) is 22.3 Å². The summed E-state index contributed by atoms with van der Waals surface area (Å²) in [5.41, 5.74) is 25.4. The Balaban J connectivity index is 1.11. The maximum absolute atomic E-state index is 5.54. The van der Waals surface area contributed by atoms with E-state index in [0.717, 1.165) is 49.9 Å². The Hall–Kier alpha value is -8.79. The summed E-state index contributed by atoms with van der Waals surface area (Å²) in [6, 6.07) is 78.6. The van der Waals surface area contributed by atoms with Gasteiger partial charge in [0.1, 0.15) is 0 Å². The molecule has 3 aliphatic carbocycles. The standard InChI is InChI=1S/C64H37N3/c1-2-13-38(14-3-1)44-31-43-15-10-21-49-60(43)50(32-44)51-37-55-63(48-20-6-9-24-54(48)64(55)52-22-7-4-18-46(52)47-19-5-8-23-53(47)64)61(62(49)51)45-35-58(41-27-25-39-16-11-29-65-56(39)33-41)67-59(36-45)42-28-26-40-17-12-30-66-57(40)34-42/h1-37H. The molecule has 3 aliphatic rings. The minimum Gasteiger partial charge on any atom is -0.256 e. The molecule has 15 rings (SSSR count). The first-order valence-electron chi connectivity index (χ1n) is 23.1. The van der Waals surface area contributed by atoms with E-state index < -0.39 is 5.41 Å². The fraction of sp³-hybridized carbons (Fsp3) is 0.0156. The molecule has 0 amide bonds. The quantitative estimate of drug-likeness (QED) is 0.177. The van der Waals surface area contributed by atoms with Gasteiger partial charge in [-0.05, 0) is 154 Å². The minimum atomic E-state index is -0.541. The smallest absolute Gasteiger partial charge is 0.0725 e. The van der Waals surface area contributed by atoms with Gasteiger partial charge in [-0.25, -0.2) is 4.98 Å². The van der Waals surface area contributed by atoms with Crippen LogP contribution in [-0.4, -0.2) is 15.0 Å². The maximum Gasteiger partial charge on any atom is 0.0725 e. The minimum absolute atomic E-state index is 0.541. The van der Waals surface area contributed by atoms with Crippen LogP contribution < -0.4 is 0 Å². The van der Waals surface area contributed by atoms with Crippen molar-refractivity contribution in [3.63, 3.8) is 0 Å². The molecule has 3 heterocycles. The van der Waals surface area contributed by atoms with Crippen LogP contribution in [0.25, 0.3) is 122 Å². The van der Waals surface area contributed by atoms with Crippen LogP contribution in [0.2, 0.25) is 0 Å². The molecule has 3 heteroatoms. The van der Waals surface area contributed by atoms with Crippen molar-refractivity contribution in [1.82, 2.24) is 15.0 Å². The summed E-state index contributed by atoms with van der Waals surface area (Å²) in [4.78, 5) is 15.1. The van der Waals surface area contributed by atoms with Crippen molar-refractivity contribution in [2.24, 2.45) is 0 Å². The molecule has 0 saturated heterocycles. The molecule has 9 aromatic carbocycles. The Morgan fingerprint density at radius 3 is 1.51 bits per heavy atom. The second-order valence-electron chi connectivity index (χ2n) is 18.2. The van der Waals surface area contributed by atoms with E-state index >= 15 is 0 Å². The van der Waals surface area contributed by atoms with E-state index in [1.54, 1.807) is 0 Å². The number of aromatic nitrogens is 3. The lowest BCUT2D eigenvalue weighted by atomic mass is 9.69. The van der Waals surface area contributed by atoms with E-state index in [0.29, 0.717) is 0 Å². The van der Waals surface area contributed by atoms with E-state index in [2.05, 4.69) is 200 Å². The summed E-state index contributed by atoms with van der Waals surface area (Å²) >= 11 is 0. The van der Waals surface area contributed by atoms with Gasteiger partial charge in [0.05, 0.1) is 27.8 Å². The summed E-state index contributed by atoms with van der Waals surface area (Å²) in [6.45, 7) is 0. The molecule has 1 spiro atoms. The van der Waals surface area contributed by atoms with Crippen LogP contribution >= 0.6 is 0 Å². The number of pyridine rings is 3. The molecule has 0 atom stereocenters. The SMILES string of the molecule is c1ccc(-c2cc3c4c(cccc4c2)-c2c-3cc3c(c2-c2cc(-c4ccc5cccnc5c4)nc(-c4ccc5cccnc5c4)c2)-c2ccccc2C32c3ccccc3-c3ccccc32)cc1. The first kappa shape index (κ1) is 36.5. The number of rotatable bonds is 4. The highest BCUT2D eigenvalue weighted by molar-refractivity contribution is 6.22. The molecule has 0 N–H and O–H groups in total. The Kier molecular flexibility index (Phi) is 7.43. The Labute approximate surface area is 387 Å². The first-order valence-corrected chi connectivity index (χ1v) is 23.1. The van der Waals surface area contributed by atoms with E-state index in [4.69, 9.17) is 15.0 Å². The van der Waals surface area contributed by atoms with Gasteiger partial charge in [-0.15, -0.1) is 0 Å². The second kappa shape index (κ2) is 13.6. The third-order valence-electron chi connectivity index (χ3n) is 14.8. The van der Waals surface area contributed by atoms with Crippen molar-refractivity contribution < 1.29 is 0 Å². The highest BCUT2D eigenvalue weighted by Crippen LogP contribution is 2.67. The van der Waals surface area contributed by atoms with Gasteiger partial charge in [-0.2, -0.15) is 0 Å². The lowest BCUT2D eigenvalue weighted by Crippen LogP contribution is -2.26. The summed E-state index contributed by atoms with van der Waals surface area (Å²) in [5.74, 6) is 0. The fourth-order valence-electron chi connectivity index (χ4n) is 12.1. The molecule has 0 saturated carbocycles. The zero-order valence-corrected chi connectivity index (χ0v) is 36.2. The van der Waals surface area contributed by atoms with Crippen molar-refractivity contribution >= 4 is 32.6 Å². The van der Waals surface area contributed by atoms with Crippen molar-refractivity contribution in [2.45, 2.75) is 5.41 Å². The average Bonchev–Trinajstić information content (AvgIpc) is 4.00. The lowest BCUT2D eigenvalue weighted by molar-refractivity contribution is 0.794. The molecular weight excluding hydrogens is 811 g/mol. The predicted molar refractivity (Wildman–Crippen MR) is 275 cm³/mol. The van der Waals surface area contributed by atoms with Crippen LogP contribution in [0, 0.1) is 0 Å². The Bertz CT molecular complexity index is 3970. The van der Waals surface area contributed by atoms with E-state index in [-0.39, 0.29) is 0 Å². The number of benzene rings is 9. The lowest BCUT2D eigenvalue weighted by Gasteiger charge is -2.31. The van der Waals surface area contributed by atoms with Gasteiger partial charge in [-0.3, -0.25) is 9.97 Å². The molecule has 12 aromatic rings. The maximum atomic E-state index is 5.54. The topological polar surface area (TPSA) is 38.7 Å². The summed E-state index contributed by atoms with van der Waals surface area (Å²) in [5, 5.41) is 4.74. The molecule has 67 heavy (non-hydrogen) atoms. The van der Waals surface area contributed by atoms with E-state index in [1.165, 1.54) is 94.2 Å². The molecule has 0 unspecified atom stereocenters. The highest BCUT2D eigenvalue weighted by Gasteiger charge is 2.53. The normalized spacial score (nSPS) is 13.2. The van der Waals surface area contributed by atoms with Gasteiger partial charge >= 0.3 is 0 Å². The zero-order valence-electron chi connectivity index (χ0n) is 36.2. The number of hydrogen-bond donors (Lipinski definition) is 0. The third kappa shape index (κ3) is 5.03. The number of hydrogen-bond acceptors (Lipinski definition) is 3.